The van der Waals surface area contributed by atoms with E-state index in [0.717, 1.165) is 6.42 Å². The molecule has 0 aliphatic rings. The van der Waals surface area contributed by atoms with E-state index in [2.05, 4.69) is 9.97 Å². The highest BCUT2D eigenvalue weighted by atomic mass is 19.4. The number of rotatable bonds is 10. The summed E-state index contributed by atoms with van der Waals surface area (Å²) in [4.78, 5) is 29.1. The molecule has 1 aromatic heterocycles. The fourth-order valence-corrected chi connectivity index (χ4v) is 3.42. The molecule has 3 N–H and O–H groups in total. The maximum absolute atomic E-state index is 13.6. The fraction of sp³-hybridized carbons (Fsp3) is 0.292. The number of hydrogen-bond acceptors (Lipinski definition) is 4. The lowest BCUT2D eigenvalue weighted by molar-refractivity contribution is -0.143. The molecular weight excluding hydrogens is 453 g/mol. The van der Waals surface area contributed by atoms with E-state index in [1.54, 1.807) is 12.1 Å². The van der Waals surface area contributed by atoms with Gasteiger partial charge < -0.3 is 19.9 Å². The van der Waals surface area contributed by atoms with Crippen LogP contribution in [0.25, 0.3) is 0 Å². The molecule has 0 amide bonds. The van der Waals surface area contributed by atoms with Crippen LogP contribution < -0.4 is 4.74 Å². The largest absolute Gasteiger partial charge is 0.489 e. The summed E-state index contributed by atoms with van der Waals surface area (Å²) in [7, 11) is 0. The number of benzene rings is 2. The van der Waals surface area contributed by atoms with Crippen LogP contribution in [0.3, 0.4) is 0 Å². The molecule has 3 aromatic rings. The van der Waals surface area contributed by atoms with Gasteiger partial charge in [0.2, 0.25) is 0 Å². The van der Waals surface area contributed by atoms with E-state index < -0.39 is 35.4 Å². The number of carboxylic acid groups (broad SMARTS) is 2. The summed E-state index contributed by atoms with van der Waals surface area (Å²) < 4.78 is 46.4. The van der Waals surface area contributed by atoms with Gasteiger partial charge >= 0.3 is 18.1 Å². The highest BCUT2D eigenvalue weighted by Crippen LogP contribution is 2.37. The number of hydrogen-bond donors (Lipinski definition) is 3. The number of aryl methyl sites for hydroxylation is 1. The third-order valence-corrected chi connectivity index (χ3v) is 5.17. The molecule has 0 saturated carbocycles. The van der Waals surface area contributed by atoms with Gasteiger partial charge in [0.25, 0.3) is 0 Å². The smallest absolute Gasteiger partial charge is 0.435 e. The summed E-state index contributed by atoms with van der Waals surface area (Å²) in [6.07, 6.45) is -3.15. The van der Waals surface area contributed by atoms with Crippen LogP contribution in [0.5, 0.6) is 5.75 Å². The van der Waals surface area contributed by atoms with Crippen LogP contribution >= 0.6 is 0 Å². The third-order valence-electron chi connectivity index (χ3n) is 5.17. The Morgan fingerprint density at radius 3 is 2.24 bits per heavy atom. The van der Waals surface area contributed by atoms with Crippen molar-refractivity contribution in [3.63, 3.8) is 0 Å². The van der Waals surface area contributed by atoms with Gasteiger partial charge in [-0.15, -0.1) is 0 Å². The van der Waals surface area contributed by atoms with Crippen molar-refractivity contribution in [2.75, 3.05) is 0 Å². The highest BCUT2D eigenvalue weighted by Gasteiger charge is 2.41. The lowest BCUT2D eigenvalue weighted by Gasteiger charge is -2.15. The molecule has 0 bridgehead atoms. The highest BCUT2D eigenvalue weighted by molar-refractivity contribution is 5.87. The predicted octanol–water partition coefficient (Wildman–Crippen LogP) is 5.26. The SMILES string of the molecule is CCCCc1nc(C(F)(F)F)c(C(C(=O)O)c2ccc(OCc3ccc(C(=O)O)cc3)cc2)[nH]1. The Morgan fingerprint density at radius 1 is 1.06 bits per heavy atom. The number of aliphatic carboxylic acids is 1. The first-order valence-corrected chi connectivity index (χ1v) is 10.5. The van der Waals surface area contributed by atoms with Crippen molar-refractivity contribution < 1.29 is 37.7 Å². The quantitative estimate of drug-likeness (QED) is 0.368. The van der Waals surface area contributed by atoms with Crippen molar-refractivity contribution in [1.29, 1.82) is 0 Å². The fourth-order valence-electron chi connectivity index (χ4n) is 3.42. The van der Waals surface area contributed by atoms with Gasteiger partial charge in [0.05, 0.1) is 11.3 Å². The van der Waals surface area contributed by atoms with Crippen molar-refractivity contribution in [2.45, 2.75) is 44.9 Å². The number of nitrogens with one attached hydrogen (secondary N) is 1. The zero-order chi connectivity index (χ0) is 24.9. The first-order chi connectivity index (χ1) is 16.1. The number of aromatic carboxylic acids is 1. The van der Waals surface area contributed by atoms with E-state index in [0.29, 0.717) is 17.7 Å². The van der Waals surface area contributed by atoms with Crippen LogP contribution in [0, 0.1) is 0 Å². The number of carboxylic acids is 2. The summed E-state index contributed by atoms with van der Waals surface area (Å²) in [5.74, 6) is -3.59. The first kappa shape index (κ1) is 24.8. The second-order valence-electron chi connectivity index (χ2n) is 7.68. The Morgan fingerprint density at radius 2 is 1.71 bits per heavy atom. The molecule has 3 rings (SSSR count). The summed E-state index contributed by atoms with van der Waals surface area (Å²) in [5, 5.41) is 18.7. The van der Waals surface area contributed by atoms with Crippen molar-refractivity contribution in [1.82, 2.24) is 9.97 Å². The van der Waals surface area contributed by atoms with Crippen LogP contribution in [0.4, 0.5) is 13.2 Å². The minimum absolute atomic E-state index is 0.101. The van der Waals surface area contributed by atoms with Crippen LogP contribution in [-0.2, 0) is 24.0 Å². The van der Waals surface area contributed by atoms with E-state index >= 15 is 0 Å². The predicted molar refractivity (Wildman–Crippen MR) is 116 cm³/mol. The molecule has 0 aliphatic heterocycles. The van der Waals surface area contributed by atoms with Gasteiger partial charge in [-0.05, 0) is 41.8 Å². The van der Waals surface area contributed by atoms with Gasteiger partial charge in [-0.25, -0.2) is 9.78 Å². The minimum atomic E-state index is -4.80. The molecule has 0 radical (unpaired) electrons. The van der Waals surface area contributed by atoms with Gasteiger partial charge in [0, 0.05) is 6.42 Å². The molecule has 34 heavy (non-hydrogen) atoms. The molecule has 1 heterocycles. The van der Waals surface area contributed by atoms with E-state index in [1.807, 2.05) is 6.92 Å². The number of nitrogens with zero attached hydrogens (tertiary/aromatic N) is 1. The minimum Gasteiger partial charge on any atom is -0.489 e. The van der Waals surface area contributed by atoms with E-state index in [4.69, 9.17) is 9.84 Å². The average molecular weight is 476 g/mol. The van der Waals surface area contributed by atoms with Crippen LogP contribution in [0.1, 0.15) is 64.4 Å². The van der Waals surface area contributed by atoms with Gasteiger partial charge in [-0.1, -0.05) is 37.6 Å². The Labute approximate surface area is 193 Å². The van der Waals surface area contributed by atoms with Crippen molar-refractivity contribution >= 4 is 11.9 Å². The van der Waals surface area contributed by atoms with Gasteiger partial charge in [-0.2, -0.15) is 13.2 Å². The number of unbranched alkanes of at least 4 members (excludes halogenated alkanes) is 1. The van der Waals surface area contributed by atoms with Crippen LogP contribution in [-0.4, -0.2) is 32.1 Å². The Bertz CT molecular complexity index is 1140. The second kappa shape index (κ2) is 10.4. The number of alkyl halides is 3. The Balaban J connectivity index is 1.81. The topological polar surface area (TPSA) is 113 Å². The first-order valence-electron chi connectivity index (χ1n) is 10.5. The summed E-state index contributed by atoms with van der Waals surface area (Å²) in [5.41, 5.74) is -0.733. The molecule has 1 atom stereocenters. The van der Waals surface area contributed by atoms with Gasteiger partial charge in [-0.3, -0.25) is 4.79 Å². The molecule has 10 heteroatoms. The maximum Gasteiger partial charge on any atom is 0.435 e. The molecule has 0 fully saturated rings. The third kappa shape index (κ3) is 5.94. The number of aromatic nitrogens is 2. The summed E-state index contributed by atoms with van der Waals surface area (Å²) in [6.45, 7) is 2.02. The lowest BCUT2D eigenvalue weighted by atomic mass is 9.94. The zero-order valence-electron chi connectivity index (χ0n) is 18.2. The monoisotopic (exact) mass is 476 g/mol. The van der Waals surface area contributed by atoms with Gasteiger partial charge in [0.1, 0.15) is 24.1 Å². The Kier molecular flexibility index (Phi) is 7.60. The van der Waals surface area contributed by atoms with Crippen molar-refractivity contribution in [3.8, 4) is 5.75 Å². The number of carbonyl (C=O) groups is 2. The molecule has 0 spiro atoms. The maximum atomic E-state index is 13.6. The molecule has 1 unspecified atom stereocenters. The van der Waals surface area contributed by atoms with E-state index in [9.17, 15) is 27.9 Å². The molecular formula is C24H23F3N2O5. The average Bonchev–Trinajstić information content (AvgIpc) is 3.21. The van der Waals surface area contributed by atoms with E-state index in [-0.39, 0.29) is 30.0 Å². The summed E-state index contributed by atoms with van der Waals surface area (Å²) >= 11 is 0. The molecule has 0 saturated heterocycles. The molecule has 0 aliphatic carbocycles. The van der Waals surface area contributed by atoms with Gasteiger partial charge in [0.15, 0.2) is 5.69 Å². The molecule has 7 nitrogen and oxygen atoms in total. The van der Waals surface area contributed by atoms with E-state index in [1.165, 1.54) is 36.4 Å². The molecule has 180 valence electrons. The lowest BCUT2D eigenvalue weighted by Crippen LogP contribution is -2.19. The zero-order valence-corrected chi connectivity index (χ0v) is 18.2. The number of H-pyrrole nitrogens is 1. The summed E-state index contributed by atoms with van der Waals surface area (Å²) in [6, 6.07) is 11.8. The number of halogens is 3. The number of aromatic amines is 1. The Hall–Kier alpha value is -3.82. The van der Waals surface area contributed by atoms with Crippen molar-refractivity contribution in [3.05, 3.63) is 82.4 Å². The van der Waals surface area contributed by atoms with Crippen LogP contribution in [0.2, 0.25) is 0 Å². The number of imidazole rings is 1. The molecule has 2 aromatic carbocycles. The second-order valence-corrected chi connectivity index (χ2v) is 7.68. The normalized spacial score (nSPS) is 12.4. The van der Waals surface area contributed by atoms with Crippen molar-refractivity contribution in [2.24, 2.45) is 0 Å². The standard InChI is InChI=1S/C24H23F3N2O5/c1-2-3-4-18-28-20(21(29-18)24(25,26)27)19(23(32)33)15-9-11-17(12-10-15)34-13-14-5-7-16(8-6-14)22(30)31/h5-12,19H,2-4,13H2,1H3,(H,28,29)(H,30,31)(H,32,33). The number of ether oxygens (including phenoxy) is 1. The van der Waals surface area contributed by atoms with Crippen LogP contribution in [0.15, 0.2) is 48.5 Å².